The molecule has 13 nitrogen and oxygen atoms in total. The average Bonchev–Trinajstić information content (AvgIpc) is 4.09. The maximum absolute atomic E-state index is 12.9. The van der Waals surface area contributed by atoms with E-state index in [0.717, 1.165) is 85.9 Å². The number of ether oxygens (including phenoxy) is 2. The van der Waals surface area contributed by atoms with Gasteiger partial charge in [0.05, 0.1) is 6.61 Å². The standard InChI is InChI=1S/C49H87O13P/c1-3-5-13-19-33-25-37(33)29-39-27-35(39)21-15-9-7-11-17-23-42(50)59-31-41(32-60-63(57,58)62-49-47(55)45(53)44(52)46(54)48(49)56)61-43(51)24-18-12-8-10-16-22-36-28-40(36)30-38-26-34(38)20-14-6-4-2/h33-41,44-49,52-56H,3-32H2,1-2H3,(H,57,58)/t33?,34?,35?,36?,37?,38?,39?,40?,41-,44?,45-,46+,47+,48+,49?/m0/s1. The van der Waals surface area contributed by atoms with Crippen LogP contribution in [-0.4, -0.2) is 98.3 Å². The van der Waals surface area contributed by atoms with Crippen molar-refractivity contribution in [1.82, 2.24) is 0 Å². The van der Waals surface area contributed by atoms with E-state index in [0.29, 0.717) is 12.8 Å². The van der Waals surface area contributed by atoms with Crippen LogP contribution in [0.2, 0.25) is 0 Å². The lowest BCUT2D eigenvalue weighted by Crippen LogP contribution is -2.64. The molecule has 366 valence electrons. The van der Waals surface area contributed by atoms with Crippen LogP contribution in [0.1, 0.15) is 194 Å². The van der Waals surface area contributed by atoms with Crippen molar-refractivity contribution in [2.75, 3.05) is 13.2 Å². The molecule has 0 heterocycles. The smallest absolute Gasteiger partial charge is 0.462 e. The lowest BCUT2D eigenvalue weighted by molar-refractivity contribution is -0.220. The maximum Gasteiger partial charge on any atom is 0.472 e. The molecule has 5 rings (SSSR count). The van der Waals surface area contributed by atoms with Gasteiger partial charge in [-0.05, 0) is 98.7 Å². The third-order valence-electron chi connectivity index (χ3n) is 15.2. The SMILES string of the molecule is CCCCCC1CC1CC1CC1CCCCCCCC(=O)OC[C@@H](COP(=O)(O)OC1[C@H](O)[C@H](O)C(O)[C@H](O)[C@H]1O)OC(=O)CCCCCCCC1CC1CC1CC1CCCCC. The highest BCUT2D eigenvalue weighted by Gasteiger charge is 2.52. The first-order chi connectivity index (χ1) is 30.3. The highest BCUT2D eigenvalue weighted by Crippen LogP contribution is 2.56. The third-order valence-corrected chi connectivity index (χ3v) is 16.2. The molecule has 5 fully saturated rings. The topological polar surface area (TPSA) is 210 Å². The van der Waals surface area contributed by atoms with Crippen LogP contribution in [0.25, 0.3) is 0 Å². The molecule has 5 saturated carbocycles. The summed E-state index contributed by atoms with van der Waals surface area (Å²) in [4.78, 5) is 36.0. The molecule has 0 aliphatic heterocycles. The second-order valence-corrected chi connectivity index (χ2v) is 22.1. The minimum Gasteiger partial charge on any atom is -0.462 e. The second-order valence-electron chi connectivity index (χ2n) is 20.7. The maximum atomic E-state index is 12.9. The monoisotopic (exact) mass is 915 g/mol. The number of carbonyl (C=O) groups excluding carboxylic acids is 2. The summed E-state index contributed by atoms with van der Waals surface area (Å²) in [5.74, 6) is 6.62. The molecule has 16 atom stereocenters. The summed E-state index contributed by atoms with van der Waals surface area (Å²) in [6.07, 6.45) is 19.1. The first kappa shape index (κ1) is 52.8. The highest BCUT2D eigenvalue weighted by molar-refractivity contribution is 7.47. The number of rotatable bonds is 36. The van der Waals surface area contributed by atoms with Crippen LogP contribution in [0, 0.1) is 47.3 Å². The van der Waals surface area contributed by atoms with Crippen LogP contribution in [0.5, 0.6) is 0 Å². The van der Waals surface area contributed by atoms with Gasteiger partial charge in [-0.2, -0.15) is 0 Å². The molecule has 0 amide bonds. The van der Waals surface area contributed by atoms with Crippen LogP contribution in [0.3, 0.4) is 0 Å². The fraction of sp³-hybridized carbons (Fsp3) is 0.959. The number of carbonyl (C=O) groups is 2. The lowest BCUT2D eigenvalue weighted by atomic mass is 9.85. The van der Waals surface area contributed by atoms with Crippen molar-refractivity contribution < 1.29 is 63.1 Å². The normalized spacial score (nSPS) is 34.5. The Labute approximate surface area is 378 Å². The van der Waals surface area contributed by atoms with Crippen LogP contribution in [-0.2, 0) is 32.7 Å². The zero-order valence-electron chi connectivity index (χ0n) is 38.9. The van der Waals surface area contributed by atoms with Crippen LogP contribution in [0.15, 0.2) is 0 Å². The molecule has 0 bridgehead atoms. The summed E-state index contributed by atoms with van der Waals surface area (Å²) in [5, 5.41) is 50.3. The summed E-state index contributed by atoms with van der Waals surface area (Å²) in [7, 11) is -5.11. The van der Waals surface area contributed by atoms with E-state index in [2.05, 4.69) is 13.8 Å². The number of phosphoric ester groups is 1. The van der Waals surface area contributed by atoms with Crippen LogP contribution < -0.4 is 0 Å². The van der Waals surface area contributed by atoms with Gasteiger partial charge in [-0.25, -0.2) is 4.57 Å². The molecule has 0 spiro atoms. The second kappa shape index (κ2) is 27.0. The van der Waals surface area contributed by atoms with E-state index in [1.807, 2.05) is 0 Å². The Morgan fingerprint density at radius 2 is 0.889 bits per heavy atom. The average molecular weight is 915 g/mol. The van der Waals surface area contributed by atoms with Gasteiger partial charge in [0.1, 0.15) is 43.2 Å². The number of unbranched alkanes of at least 4 members (excludes halogenated alkanes) is 12. The molecule has 0 radical (unpaired) electrons. The van der Waals surface area contributed by atoms with Gasteiger partial charge in [-0.3, -0.25) is 18.6 Å². The number of hydrogen-bond donors (Lipinski definition) is 6. The molecule has 5 aliphatic rings. The van der Waals surface area contributed by atoms with Crippen molar-refractivity contribution in [3.8, 4) is 0 Å². The van der Waals surface area contributed by atoms with Crippen molar-refractivity contribution in [3.05, 3.63) is 0 Å². The van der Waals surface area contributed by atoms with Crippen molar-refractivity contribution in [2.24, 2.45) is 47.3 Å². The van der Waals surface area contributed by atoms with Gasteiger partial charge in [0, 0.05) is 12.8 Å². The van der Waals surface area contributed by atoms with Gasteiger partial charge in [-0.15, -0.1) is 0 Å². The van der Waals surface area contributed by atoms with Crippen LogP contribution in [0.4, 0.5) is 0 Å². The van der Waals surface area contributed by atoms with E-state index >= 15 is 0 Å². The fourth-order valence-corrected chi connectivity index (χ4v) is 11.6. The van der Waals surface area contributed by atoms with Gasteiger partial charge >= 0.3 is 19.8 Å². The molecule has 0 aromatic carbocycles. The molecule has 63 heavy (non-hydrogen) atoms. The van der Waals surface area contributed by atoms with Crippen molar-refractivity contribution >= 4 is 19.8 Å². The highest BCUT2D eigenvalue weighted by atomic mass is 31.2. The van der Waals surface area contributed by atoms with E-state index < -0.39 is 75.7 Å². The van der Waals surface area contributed by atoms with E-state index in [1.54, 1.807) is 0 Å². The summed E-state index contributed by atoms with van der Waals surface area (Å²) in [6, 6.07) is 0. The lowest BCUT2D eigenvalue weighted by Gasteiger charge is -2.41. The predicted octanol–water partition coefficient (Wildman–Crippen LogP) is 8.71. The van der Waals surface area contributed by atoms with E-state index in [-0.39, 0.29) is 12.8 Å². The summed E-state index contributed by atoms with van der Waals surface area (Å²) in [5.41, 5.74) is 0. The fourth-order valence-electron chi connectivity index (χ4n) is 10.6. The number of aliphatic hydroxyl groups excluding tert-OH is 5. The summed E-state index contributed by atoms with van der Waals surface area (Å²) >= 11 is 0. The van der Waals surface area contributed by atoms with Gasteiger partial charge in [0.2, 0.25) is 0 Å². The zero-order valence-corrected chi connectivity index (χ0v) is 39.8. The van der Waals surface area contributed by atoms with Crippen molar-refractivity contribution in [1.29, 1.82) is 0 Å². The molecular formula is C49H87O13P. The minimum atomic E-state index is -5.11. The number of hydrogen-bond acceptors (Lipinski definition) is 12. The molecule has 6 N–H and O–H groups in total. The van der Waals surface area contributed by atoms with Crippen molar-refractivity contribution in [2.45, 2.75) is 236 Å². The Morgan fingerprint density at radius 3 is 1.33 bits per heavy atom. The Balaban J connectivity index is 0.939. The van der Waals surface area contributed by atoms with Crippen LogP contribution >= 0.6 is 7.82 Å². The third kappa shape index (κ3) is 19.2. The summed E-state index contributed by atoms with van der Waals surface area (Å²) < 4.78 is 33.8. The Morgan fingerprint density at radius 1 is 0.508 bits per heavy atom. The van der Waals surface area contributed by atoms with E-state index in [9.17, 15) is 44.6 Å². The zero-order chi connectivity index (χ0) is 45.4. The molecule has 0 aromatic rings. The Kier molecular flexibility index (Phi) is 22.6. The largest absolute Gasteiger partial charge is 0.472 e. The molecule has 0 aromatic heterocycles. The van der Waals surface area contributed by atoms with Gasteiger partial charge in [-0.1, -0.05) is 129 Å². The van der Waals surface area contributed by atoms with Crippen molar-refractivity contribution in [3.63, 3.8) is 0 Å². The quantitative estimate of drug-likeness (QED) is 0.0198. The van der Waals surface area contributed by atoms with E-state index in [4.69, 9.17) is 18.5 Å². The number of phosphoric acid groups is 1. The molecule has 5 aliphatic carbocycles. The van der Waals surface area contributed by atoms with E-state index in [1.165, 1.54) is 116 Å². The molecule has 0 saturated heterocycles. The predicted molar refractivity (Wildman–Crippen MR) is 240 cm³/mol. The minimum absolute atomic E-state index is 0.114. The van der Waals surface area contributed by atoms with Gasteiger partial charge in [0.15, 0.2) is 6.10 Å². The van der Waals surface area contributed by atoms with Gasteiger partial charge < -0.3 is 39.9 Å². The Bertz CT molecular complexity index is 1370. The molecule has 11 unspecified atom stereocenters. The van der Waals surface area contributed by atoms with Gasteiger partial charge in [0.25, 0.3) is 0 Å². The first-order valence-electron chi connectivity index (χ1n) is 25.7. The first-order valence-corrected chi connectivity index (χ1v) is 27.2. The number of esters is 2. The number of aliphatic hydroxyl groups is 5. The summed E-state index contributed by atoms with van der Waals surface area (Å²) in [6.45, 7) is 3.40. The molecular weight excluding hydrogens is 827 g/mol. The Hall–Kier alpha value is -1.15. The molecule has 14 heteroatoms.